The maximum absolute atomic E-state index is 12.8. The van der Waals surface area contributed by atoms with E-state index >= 15 is 0 Å². The van der Waals surface area contributed by atoms with Crippen LogP contribution in [0.4, 0.5) is 0 Å². The van der Waals surface area contributed by atoms with E-state index in [4.69, 9.17) is 27.9 Å². The van der Waals surface area contributed by atoms with E-state index in [2.05, 4.69) is 4.90 Å². The Balaban J connectivity index is 1.82. The molecule has 2 aromatic rings. The lowest BCUT2D eigenvalue weighted by Gasteiger charge is -2.31. The van der Waals surface area contributed by atoms with E-state index in [0.29, 0.717) is 26.2 Å². The zero-order valence-electron chi connectivity index (χ0n) is 14.6. The summed E-state index contributed by atoms with van der Waals surface area (Å²) >= 11 is 11.9. The second-order valence-electron chi connectivity index (χ2n) is 6.18. The SMILES string of the molecule is CN1CCN(S(=O)(=O)c2cccc(C(=O)Oc3cccc(Cl)c3Cl)c2)CC1. The number of likely N-dealkylation sites (N-methyl/N-ethyl adjacent to an activating group) is 1. The Morgan fingerprint density at radius 1 is 1.04 bits per heavy atom. The number of carbonyl (C=O) groups excluding carboxylic acids is 1. The normalized spacial score (nSPS) is 16.3. The number of carbonyl (C=O) groups is 1. The van der Waals surface area contributed by atoms with Gasteiger partial charge in [-0.1, -0.05) is 35.3 Å². The van der Waals surface area contributed by atoms with Crippen LogP contribution in [0.2, 0.25) is 10.0 Å². The van der Waals surface area contributed by atoms with Gasteiger partial charge in [-0.2, -0.15) is 4.31 Å². The molecule has 144 valence electrons. The van der Waals surface area contributed by atoms with E-state index in [-0.39, 0.29) is 26.3 Å². The molecular formula is C18H18Cl2N2O4S. The van der Waals surface area contributed by atoms with Crippen molar-refractivity contribution < 1.29 is 17.9 Å². The Hall–Kier alpha value is -1.64. The van der Waals surface area contributed by atoms with Gasteiger partial charge in [-0.3, -0.25) is 0 Å². The fraction of sp³-hybridized carbons (Fsp3) is 0.278. The molecule has 1 aliphatic rings. The maximum Gasteiger partial charge on any atom is 0.343 e. The summed E-state index contributed by atoms with van der Waals surface area (Å²) in [7, 11) is -1.73. The topological polar surface area (TPSA) is 66.9 Å². The van der Waals surface area contributed by atoms with Crippen molar-refractivity contribution in [2.75, 3.05) is 33.2 Å². The van der Waals surface area contributed by atoms with Crippen LogP contribution < -0.4 is 4.74 Å². The highest BCUT2D eigenvalue weighted by molar-refractivity contribution is 7.89. The third kappa shape index (κ3) is 4.44. The minimum atomic E-state index is -3.68. The summed E-state index contributed by atoms with van der Waals surface area (Å²) in [6, 6.07) is 10.5. The van der Waals surface area contributed by atoms with Crippen LogP contribution in [-0.2, 0) is 10.0 Å². The Morgan fingerprint density at radius 2 is 1.70 bits per heavy atom. The van der Waals surface area contributed by atoms with E-state index in [1.807, 2.05) is 7.05 Å². The molecule has 0 N–H and O–H groups in total. The first-order valence-electron chi connectivity index (χ1n) is 8.24. The molecule has 0 aliphatic carbocycles. The highest BCUT2D eigenvalue weighted by Crippen LogP contribution is 2.32. The third-order valence-corrected chi connectivity index (χ3v) is 6.98. The van der Waals surface area contributed by atoms with Crippen molar-refractivity contribution in [2.45, 2.75) is 4.90 Å². The van der Waals surface area contributed by atoms with Gasteiger partial charge in [-0.25, -0.2) is 13.2 Å². The summed E-state index contributed by atoms with van der Waals surface area (Å²) in [5.41, 5.74) is 0.112. The predicted octanol–water partition coefficient (Wildman–Crippen LogP) is 3.15. The molecule has 0 aromatic heterocycles. The number of halogens is 2. The van der Waals surface area contributed by atoms with Crippen molar-refractivity contribution in [1.82, 2.24) is 9.21 Å². The molecule has 0 bridgehead atoms. The summed E-state index contributed by atoms with van der Waals surface area (Å²) in [5.74, 6) is -0.601. The van der Waals surface area contributed by atoms with Crippen LogP contribution in [0.15, 0.2) is 47.4 Å². The summed E-state index contributed by atoms with van der Waals surface area (Å²) in [4.78, 5) is 14.6. The van der Waals surface area contributed by atoms with Gasteiger partial charge in [0.05, 0.1) is 15.5 Å². The molecule has 9 heteroatoms. The number of rotatable bonds is 4. The van der Waals surface area contributed by atoms with Gasteiger partial charge in [0.25, 0.3) is 0 Å². The van der Waals surface area contributed by atoms with Gasteiger partial charge in [-0.05, 0) is 37.4 Å². The monoisotopic (exact) mass is 428 g/mol. The van der Waals surface area contributed by atoms with Crippen LogP contribution in [0.25, 0.3) is 0 Å². The smallest absolute Gasteiger partial charge is 0.343 e. The largest absolute Gasteiger partial charge is 0.421 e. The first-order valence-corrected chi connectivity index (χ1v) is 10.4. The molecular weight excluding hydrogens is 411 g/mol. The Labute approximate surface area is 168 Å². The van der Waals surface area contributed by atoms with Gasteiger partial charge in [0.15, 0.2) is 5.75 Å². The molecule has 0 unspecified atom stereocenters. The van der Waals surface area contributed by atoms with Gasteiger partial charge in [-0.15, -0.1) is 0 Å². The number of hydrogen-bond donors (Lipinski definition) is 0. The number of sulfonamides is 1. The number of benzene rings is 2. The van der Waals surface area contributed by atoms with Crippen molar-refractivity contribution in [2.24, 2.45) is 0 Å². The van der Waals surface area contributed by atoms with Crippen molar-refractivity contribution in [3.63, 3.8) is 0 Å². The molecule has 2 aromatic carbocycles. The van der Waals surface area contributed by atoms with E-state index in [9.17, 15) is 13.2 Å². The molecule has 3 rings (SSSR count). The predicted molar refractivity (Wildman–Crippen MR) is 104 cm³/mol. The van der Waals surface area contributed by atoms with Crippen LogP contribution in [0.5, 0.6) is 5.75 Å². The zero-order chi connectivity index (χ0) is 19.6. The van der Waals surface area contributed by atoms with Crippen molar-refractivity contribution in [1.29, 1.82) is 0 Å². The lowest BCUT2D eigenvalue weighted by molar-refractivity contribution is 0.0734. The van der Waals surface area contributed by atoms with Crippen LogP contribution in [0, 0.1) is 0 Å². The van der Waals surface area contributed by atoms with Crippen molar-refractivity contribution >= 4 is 39.2 Å². The van der Waals surface area contributed by atoms with E-state index in [1.165, 1.54) is 34.6 Å². The van der Waals surface area contributed by atoms with E-state index in [0.717, 1.165) is 0 Å². The maximum atomic E-state index is 12.8. The quantitative estimate of drug-likeness (QED) is 0.552. The van der Waals surface area contributed by atoms with Gasteiger partial charge in [0, 0.05) is 26.2 Å². The second kappa shape index (κ2) is 8.16. The van der Waals surface area contributed by atoms with E-state index in [1.54, 1.807) is 12.1 Å². The molecule has 0 radical (unpaired) electrons. The van der Waals surface area contributed by atoms with Crippen LogP contribution in [0.1, 0.15) is 10.4 Å². The summed E-state index contributed by atoms with van der Waals surface area (Å²) in [6.07, 6.45) is 0. The van der Waals surface area contributed by atoms with Crippen LogP contribution in [0.3, 0.4) is 0 Å². The molecule has 1 fully saturated rings. The molecule has 27 heavy (non-hydrogen) atoms. The average molecular weight is 429 g/mol. The van der Waals surface area contributed by atoms with Gasteiger partial charge in [0.1, 0.15) is 5.02 Å². The Morgan fingerprint density at radius 3 is 2.41 bits per heavy atom. The standard InChI is InChI=1S/C18H18Cl2N2O4S/c1-21-8-10-22(11-9-21)27(24,25)14-5-2-4-13(12-14)18(23)26-16-7-3-6-15(19)17(16)20/h2-7,12H,8-11H2,1H3. The fourth-order valence-corrected chi connectivity index (χ4v) is 4.48. The zero-order valence-corrected chi connectivity index (χ0v) is 16.9. The van der Waals surface area contributed by atoms with Gasteiger partial charge >= 0.3 is 5.97 Å². The molecule has 1 saturated heterocycles. The molecule has 0 atom stereocenters. The molecule has 1 aliphatic heterocycles. The Kier molecular flexibility index (Phi) is 6.08. The summed E-state index contributed by atoms with van der Waals surface area (Å²) in [6.45, 7) is 2.14. The highest BCUT2D eigenvalue weighted by atomic mass is 35.5. The van der Waals surface area contributed by atoms with Crippen molar-refractivity contribution in [3.8, 4) is 5.75 Å². The fourth-order valence-electron chi connectivity index (χ4n) is 2.68. The van der Waals surface area contributed by atoms with Crippen LogP contribution in [-0.4, -0.2) is 56.8 Å². The molecule has 0 saturated carbocycles. The molecule has 0 spiro atoms. The number of piperazine rings is 1. The number of hydrogen-bond acceptors (Lipinski definition) is 5. The average Bonchev–Trinajstić information content (AvgIpc) is 2.66. The lowest BCUT2D eigenvalue weighted by atomic mass is 10.2. The Bertz CT molecular complexity index is 958. The minimum absolute atomic E-state index is 0.0543. The van der Waals surface area contributed by atoms with E-state index < -0.39 is 16.0 Å². The summed E-state index contributed by atoms with van der Waals surface area (Å²) in [5, 5.41) is 0.377. The molecule has 6 nitrogen and oxygen atoms in total. The van der Waals surface area contributed by atoms with Crippen LogP contribution >= 0.6 is 23.2 Å². The minimum Gasteiger partial charge on any atom is -0.421 e. The number of nitrogens with zero attached hydrogens (tertiary/aromatic N) is 2. The summed E-state index contributed by atoms with van der Waals surface area (Å²) < 4.78 is 32.4. The number of esters is 1. The van der Waals surface area contributed by atoms with Gasteiger partial charge in [0.2, 0.25) is 10.0 Å². The lowest BCUT2D eigenvalue weighted by Crippen LogP contribution is -2.47. The van der Waals surface area contributed by atoms with Crippen molar-refractivity contribution in [3.05, 3.63) is 58.1 Å². The highest BCUT2D eigenvalue weighted by Gasteiger charge is 2.28. The third-order valence-electron chi connectivity index (χ3n) is 4.29. The second-order valence-corrected chi connectivity index (χ2v) is 8.90. The first kappa shape index (κ1) is 20.1. The van der Waals surface area contributed by atoms with Gasteiger partial charge < -0.3 is 9.64 Å². The first-order chi connectivity index (χ1) is 12.8. The molecule has 1 heterocycles. The number of ether oxygens (including phenoxy) is 1. The molecule has 0 amide bonds.